The normalized spacial score (nSPS) is 14.2. The maximum atomic E-state index is 12.5. The van der Waals surface area contributed by atoms with Crippen molar-refractivity contribution < 1.29 is 9.21 Å². The van der Waals surface area contributed by atoms with Crippen LogP contribution in [0.5, 0.6) is 0 Å². The van der Waals surface area contributed by atoms with Gasteiger partial charge in [0.2, 0.25) is 0 Å². The molecule has 6 nitrogen and oxygen atoms in total. The van der Waals surface area contributed by atoms with Crippen molar-refractivity contribution in [2.24, 2.45) is 0 Å². The molecule has 4 rings (SSSR count). The molecule has 0 saturated heterocycles. The summed E-state index contributed by atoms with van der Waals surface area (Å²) >= 11 is 8.69. The Morgan fingerprint density at radius 1 is 1.54 bits per heavy atom. The Morgan fingerprint density at radius 2 is 2.33 bits per heavy atom. The Balaban J connectivity index is 1.57. The first-order valence-corrected chi connectivity index (χ1v) is 8.87. The summed E-state index contributed by atoms with van der Waals surface area (Å²) in [6, 6.07) is 6.10. The first-order valence-electron chi connectivity index (χ1n) is 7.67. The van der Waals surface area contributed by atoms with Crippen LogP contribution in [-0.4, -0.2) is 20.7 Å². The Labute approximate surface area is 151 Å². The molecule has 0 bridgehead atoms. The number of benzene rings is 1. The van der Waals surface area contributed by atoms with Crippen LogP contribution in [-0.2, 0) is 6.54 Å². The van der Waals surface area contributed by atoms with Gasteiger partial charge in [-0.2, -0.15) is 5.10 Å². The molecule has 1 saturated carbocycles. The van der Waals surface area contributed by atoms with Crippen LogP contribution in [0.4, 0.5) is 0 Å². The van der Waals surface area contributed by atoms with Crippen LogP contribution < -0.4 is 5.32 Å². The number of aryl methyl sites for hydroxylation is 1. The molecule has 124 valence electrons. The van der Waals surface area contributed by atoms with Gasteiger partial charge in [0.05, 0.1) is 6.54 Å². The highest BCUT2D eigenvalue weighted by Crippen LogP contribution is 2.35. The van der Waals surface area contributed by atoms with Crippen LogP contribution in [0.1, 0.15) is 40.8 Å². The minimum atomic E-state index is -0.254. The second-order valence-corrected chi connectivity index (χ2v) is 7.23. The van der Waals surface area contributed by atoms with Crippen molar-refractivity contribution in [3.63, 3.8) is 0 Å². The Hall–Kier alpha value is -1.93. The maximum Gasteiger partial charge on any atom is 0.287 e. The van der Waals surface area contributed by atoms with Gasteiger partial charge in [0.1, 0.15) is 5.58 Å². The van der Waals surface area contributed by atoms with E-state index in [0.29, 0.717) is 28.7 Å². The fourth-order valence-electron chi connectivity index (χ4n) is 2.82. The molecular weight excluding hydrogens is 392 g/mol. The van der Waals surface area contributed by atoms with E-state index in [4.69, 9.17) is 16.6 Å². The summed E-state index contributed by atoms with van der Waals surface area (Å²) in [7, 11) is 0. The molecule has 1 aliphatic carbocycles. The predicted octanol–water partition coefficient (Wildman–Crippen LogP) is 4.02. The van der Waals surface area contributed by atoms with Crippen molar-refractivity contribution in [1.29, 1.82) is 0 Å². The van der Waals surface area contributed by atoms with E-state index in [1.165, 1.54) is 0 Å². The number of hydrogen-bond acceptors (Lipinski definition) is 4. The summed E-state index contributed by atoms with van der Waals surface area (Å²) in [5, 5.41) is 10.8. The number of amides is 1. The highest BCUT2D eigenvalue weighted by molar-refractivity contribution is 9.10. The van der Waals surface area contributed by atoms with Crippen LogP contribution in [0.3, 0.4) is 0 Å². The van der Waals surface area contributed by atoms with Crippen LogP contribution in [0, 0.1) is 11.7 Å². The van der Waals surface area contributed by atoms with E-state index in [1.54, 1.807) is 0 Å². The van der Waals surface area contributed by atoms with Gasteiger partial charge in [-0.15, -0.1) is 0 Å². The molecule has 0 spiro atoms. The fourth-order valence-corrected chi connectivity index (χ4v) is 3.48. The lowest BCUT2D eigenvalue weighted by atomic mass is 10.1. The van der Waals surface area contributed by atoms with E-state index in [0.717, 1.165) is 34.1 Å². The molecular formula is C16H15BrN4O2S. The zero-order chi connectivity index (χ0) is 16.8. The number of rotatable bonds is 4. The van der Waals surface area contributed by atoms with Gasteiger partial charge in [0.25, 0.3) is 5.91 Å². The van der Waals surface area contributed by atoms with Crippen molar-refractivity contribution in [3.05, 3.63) is 44.6 Å². The average molecular weight is 407 g/mol. The summed E-state index contributed by atoms with van der Waals surface area (Å²) in [4.78, 5) is 12.5. The molecule has 1 amide bonds. The standard InChI is InChI=1S/C16H15BrN4O2S/c1-8-11-6-9(17)2-5-12(11)23-14(8)15(22)18-7-13-19-20-16(24)21(13)10-3-4-10/h2,5-6,10H,3-4,7H2,1H3,(H,18,22)(H,20,24). The van der Waals surface area contributed by atoms with Gasteiger partial charge >= 0.3 is 0 Å². The van der Waals surface area contributed by atoms with Gasteiger partial charge in [-0.05, 0) is 50.2 Å². The lowest BCUT2D eigenvalue weighted by Crippen LogP contribution is -2.25. The molecule has 3 aromatic rings. The van der Waals surface area contributed by atoms with Crippen LogP contribution in [0.25, 0.3) is 11.0 Å². The first-order chi connectivity index (χ1) is 11.5. The smallest absolute Gasteiger partial charge is 0.287 e. The van der Waals surface area contributed by atoms with Crippen LogP contribution in [0.15, 0.2) is 27.1 Å². The van der Waals surface area contributed by atoms with Crippen molar-refractivity contribution in [2.75, 3.05) is 0 Å². The third kappa shape index (κ3) is 2.69. The molecule has 2 N–H and O–H groups in total. The van der Waals surface area contributed by atoms with E-state index in [2.05, 4.69) is 31.4 Å². The summed E-state index contributed by atoms with van der Waals surface area (Å²) in [6.07, 6.45) is 2.21. The number of furan rings is 1. The second-order valence-electron chi connectivity index (χ2n) is 5.93. The maximum absolute atomic E-state index is 12.5. The molecule has 1 fully saturated rings. The first kappa shape index (κ1) is 15.6. The quantitative estimate of drug-likeness (QED) is 0.641. The fraction of sp³-hybridized carbons (Fsp3) is 0.312. The number of aromatic nitrogens is 3. The number of fused-ring (bicyclic) bond motifs is 1. The predicted molar refractivity (Wildman–Crippen MR) is 95.5 cm³/mol. The molecule has 0 atom stereocenters. The molecule has 0 aliphatic heterocycles. The minimum Gasteiger partial charge on any atom is -0.451 e. The van der Waals surface area contributed by atoms with E-state index in [9.17, 15) is 4.79 Å². The van der Waals surface area contributed by atoms with Crippen LogP contribution >= 0.6 is 28.1 Å². The topological polar surface area (TPSA) is 75.8 Å². The third-order valence-electron chi connectivity index (χ3n) is 4.20. The molecule has 24 heavy (non-hydrogen) atoms. The van der Waals surface area contributed by atoms with Crippen molar-refractivity contribution in [1.82, 2.24) is 20.1 Å². The Kier molecular flexibility index (Phi) is 3.80. The zero-order valence-electron chi connectivity index (χ0n) is 12.9. The molecule has 1 aromatic carbocycles. The van der Waals surface area contributed by atoms with Crippen molar-refractivity contribution >= 4 is 45.0 Å². The Morgan fingerprint density at radius 3 is 3.08 bits per heavy atom. The van der Waals surface area contributed by atoms with Crippen molar-refractivity contribution in [2.45, 2.75) is 32.4 Å². The summed E-state index contributed by atoms with van der Waals surface area (Å²) in [5.41, 5.74) is 1.52. The monoisotopic (exact) mass is 406 g/mol. The van der Waals surface area contributed by atoms with E-state index in [1.807, 2.05) is 29.7 Å². The summed E-state index contributed by atoms with van der Waals surface area (Å²) in [5.74, 6) is 0.818. The van der Waals surface area contributed by atoms with Gasteiger partial charge in [0.15, 0.2) is 16.4 Å². The lowest BCUT2D eigenvalue weighted by molar-refractivity contribution is 0.0923. The third-order valence-corrected chi connectivity index (χ3v) is 4.98. The number of aromatic amines is 1. The van der Waals surface area contributed by atoms with Gasteiger partial charge in [-0.1, -0.05) is 15.9 Å². The number of hydrogen-bond donors (Lipinski definition) is 2. The summed E-state index contributed by atoms with van der Waals surface area (Å²) in [6.45, 7) is 2.19. The number of H-pyrrole nitrogens is 1. The molecule has 1 aliphatic rings. The van der Waals surface area contributed by atoms with Gasteiger partial charge < -0.3 is 9.73 Å². The van der Waals surface area contributed by atoms with Crippen molar-refractivity contribution in [3.8, 4) is 0 Å². The number of carbonyl (C=O) groups is 1. The van der Waals surface area contributed by atoms with E-state index in [-0.39, 0.29) is 5.91 Å². The van der Waals surface area contributed by atoms with E-state index < -0.39 is 0 Å². The molecule has 0 radical (unpaired) electrons. The SMILES string of the molecule is Cc1c(C(=O)NCc2n[nH]c(=S)n2C2CC2)oc2ccc(Br)cc12. The number of nitrogens with zero attached hydrogens (tertiary/aromatic N) is 2. The number of carbonyl (C=O) groups excluding carboxylic acids is 1. The molecule has 0 unspecified atom stereocenters. The van der Waals surface area contributed by atoms with Gasteiger partial charge in [-0.3, -0.25) is 14.5 Å². The number of halogens is 1. The van der Waals surface area contributed by atoms with Gasteiger partial charge in [-0.25, -0.2) is 0 Å². The largest absolute Gasteiger partial charge is 0.451 e. The highest BCUT2D eigenvalue weighted by Gasteiger charge is 2.27. The minimum absolute atomic E-state index is 0.254. The number of nitrogens with one attached hydrogen (secondary N) is 2. The average Bonchev–Trinajstić information content (AvgIpc) is 3.26. The van der Waals surface area contributed by atoms with Crippen LogP contribution in [0.2, 0.25) is 0 Å². The zero-order valence-corrected chi connectivity index (χ0v) is 15.3. The van der Waals surface area contributed by atoms with Gasteiger partial charge in [0, 0.05) is 21.5 Å². The lowest BCUT2D eigenvalue weighted by Gasteiger charge is -2.06. The highest BCUT2D eigenvalue weighted by atomic mass is 79.9. The van der Waals surface area contributed by atoms with E-state index >= 15 is 0 Å². The molecule has 2 heterocycles. The molecule has 8 heteroatoms. The second kappa shape index (κ2) is 5.86. The Bertz CT molecular complexity index is 999. The molecule has 2 aromatic heterocycles. The summed E-state index contributed by atoms with van der Waals surface area (Å²) < 4.78 is 9.25.